The van der Waals surface area contributed by atoms with Gasteiger partial charge in [-0.1, -0.05) is 12.1 Å². The Morgan fingerprint density at radius 1 is 1.35 bits per heavy atom. The normalized spacial score (nSPS) is 12.0. The number of methoxy groups -OCH3 is 1. The fourth-order valence-corrected chi connectivity index (χ4v) is 3.59. The third-order valence-electron chi connectivity index (χ3n) is 4.24. The number of hydrogen-bond acceptors (Lipinski definition) is 5. The number of aromatic nitrogens is 2. The van der Waals surface area contributed by atoms with Gasteiger partial charge in [0.25, 0.3) is 5.91 Å². The largest absolute Gasteiger partial charge is 0.497 e. The average molecular weight is 371 g/mol. The van der Waals surface area contributed by atoms with Crippen molar-refractivity contribution in [3.8, 4) is 10.9 Å². The lowest BCUT2D eigenvalue weighted by Crippen LogP contribution is -2.28. The molecule has 0 bridgehead atoms. The van der Waals surface area contributed by atoms with Crippen LogP contribution in [0.1, 0.15) is 33.4 Å². The summed E-state index contributed by atoms with van der Waals surface area (Å²) in [6.07, 6.45) is 0.955. The summed E-state index contributed by atoms with van der Waals surface area (Å²) in [5.41, 5.74) is 3.08. The van der Waals surface area contributed by atoms with Crippen LogP contribution in [0.4, 0.5) is 0 Å². The van der Waals surface area contributed by atoms with Crippen molar-refractivity contribution in [3.05, 3.63) is 64.4 Å². The highest BCUT2D eigenvalue weighted by Crippen LogP contribution is 2.22. The molecule has 26 heavy (non-hydrogen) atoms. The van der Waals surface area contributed by atoms with Gasteiger partial charge in [0.2, 0.25) is 0 Å². The van der Waals surface area contributed by atoms with Crippen LogP contribution in [0.25, 0.3) is 5.13 Å². The fraction of sp³-hybridized carbons (Fsp3) is 0.263. The van der Waals surface area contributed by atoms with Crippen LogP contribution in [0.5, 0.6) is 5.75 Å². The van der Waals surface area contributed by atoms with E-state index < -0.39 is 6.10 Å². The van der Waals surface area contributed by atoms with Crippen LogP contribution >= 0.6 is 11.3 Å². The molecule has 2 N–H and O–H groups in total. The van der Waals surface area contributed by atoms with Gasteiger partial charge in [-0.25, -0.2) is 4.98 Å². The number of rotatable bonds is 6. The van der Waals surface area contributed by atoms with Crippen LogP contribution < -0.4 is 10.1 Å². The minimum Gasteiger partial charge on any atom is -0.497 e. The lowest BCUT2D eigenvalue weighted by atomic mass is 10.1. The minimum absolute atomic E-state index is 0.131. The lowest BCUT2D eigenvalue weighted by molar-refractivity contribution is 0.0915. The molecule has 0 fully saturated rings. The van der Waals surface area contributed by atoms with Gasteiger partial charge >= 0.3 is 0 Å². The van der Waals surface area contributed by atoms with Crippen LogP contribution in [0.2, 0.25) is 0 Å². The Bertz CT molecular complexity index is 886. The zero-order chi connectivity index (χ0) is 18.7. The molecule has 1 unspecified atom stereocenters. The number of nitrogens with zero attached hydrogens (tertiary/aromatic N) is 2. The van der Waals surface area contributed by atoms with Gasteiger partial charge in [0.1, 0.15) is 5.75 Å². The molecule has 0 aliphatic heterocycles. The molecule has 0 aliphatic carbocycles. The van der Waals surface area contributed by atoms with E-state index in [9.17, 15) is 9.90 Å². The SMILES string of the molecule is COc1ccc(C(O)CNC(=O)c2cc(C)n(-c3nccs3)c2C)cc1. The molecule has 1 atom stereocenters. The molecule has 2 heterocycles. The number of carbonyl (C=O) groups excluding carboxylic acids is 1. The maximum absolute atomic E-state index is 12.6. The molecular weight excluding hydrogens is 350 g/mol. The molecule has 0 aliphatic rings. The number of nitrogens with one attached hydrogen (secondary N) is 1. The minimum atomic E-state index is -0.785. The predicted molar refractivity (Wildman–Crippen MR) is 101 cm³/mol. The number of ether oxygens (including phenoxy) is 1. The summed E-state index contributed by atoms with van der Waals surface area (Å²) in [5.74, 6) is 0.507. The number of thiazole rings is 1. The second kappa shape index (κ2) is 7.72. The number of aliphatic hydroxyl groups excluding tert-OH is 1. The highest BCUT2D eigenvalue weighted by Gasteiger charge is 2.18. The molecule has 1 amide bonds. The van der Waals surface area contributed by atoms with E-state index in [1.165, 1.54) is 11.3 Å². The fourth-order valence-electron chi connectivity index (χ4n) is 2.84. The molecule has 7 heteroatoms. The van der Waals surface area contributed by atoms with Gasteiger partial charge in [0.05, 0.1) is 18.8 Å². The number of aryl methyl sites for hydroxylation is 1. The molecular formula is C19H21N3O3S. The molecule has 3 aromatic rings. The summed E-state index contributed by atoms with van der Waals surface area (Å²) >= 11 is 1.52. The van der Waals surface area contributed by atoms with Gasteiger partial charge in [-0.3, -0.25) is 9.36 Å². The maximum atomic E-state index is 12.6. The molecule has 1 aromatic carbocycles. The van der Waals surface area contributed by atoms with Crippen molar-refractivity contribution < 1.29 is 14.6 Å². The standard InChI is InChI=1S/C19H21N3O3S/c1-12-10-16(13(2)22(12)19-20-8-9-26-19)18(24)21-11-17(23)14-4-6-15(25-3)7-5-14/h4-10,17,23H,11H2,1-3H3,(H,21,24). The Hall–Kier alpha value is -2.64. The Balaban J connectivity index is 1.69. The molecule has 0 spiro atoms. The van der Waals surface area contributed by atoms with Crippen molar-refractivity contribution in [1.29, 1.82) is 0 Å². The Morgan fingerprint density at radius 2 is 2.08 bits per heavy atom. The van der Waals surface area contributed by atoms with E-state index in [1.807, 2.05) is 29.9 Å². The zero-order valence-corrected chi connectivity index (χ0v) is 15.7. The Kier molecular flexibility index (Phi) is 5.39. The van der Waals surface area contributed by atoms with Crippen molar-refractivity contribution >= 4 is 17.2 Å². The average Bonchev–Trinajstić information content (AvgIpc) is 3.27. The summed E-state index contributed by atoms with van der Waals surface area (Å²) in [4.78, 5) is 16.9. The molecule has 0 saturated heterocycles. The van der Waals surface area contributed by atoms with Gasteiger partial charge < -0.3 is 15.2 Å². The lowest BCUT2D eigenvalue weighted by Gasteiger charge is -2.13. The number of aliphatic hydroxyl groups is 1. The summed E-state index contributed by atoms with van der Waals surface area (Å²) < 4.78 is 7.06. The smallest absolute Gasteiger partial charge is 0.253 e. The van der Waals surface area contributed by atoms with E-state index in [2.05, 4.69) is 10.3 Å². The second-order valence-corrected chi connectivity index (χ2v) is 6.81. The Morgan fingerprint density at radius 3 is 2.69 bits per heavy atom. The van der Waals surface area contributed by atoms with Crippen LogP contribution in [0, 0.1) is 13.8 Å². The number of carbonyl (C=O) groups is 1. The van der Waals surface area contributed by atoms with E-state index in [4.69, 9.17) is 4.74 Å². The monoisotopic (exact) mass is 371 g/mol. The second-order valence-electron chi connectivity index (χ2n) is 5.93. The van der Waals surface area contributed by atoms with Gasteiger partial charge in [0, 0.05) is 29.5 Å². The van der Waals surface area contributed by atoms with Crippen molar-refractivity contribution in [2.45, 2.75) is 20.0 Å². The molecule has 0 saturated carbocycles. The third kappa shape index (κ3) is 3.63. The van der Waals surface area contributed by atoms with Crippen molar-refractivity contribution in [2.75, 3.05) is 13.7 Å². The first-order valence-electron chi connectivity index (χ1n) is 8.20. The summed E-state index contributed by atoms with van der Waals surface area (Å²) in [6, 6.07) is 8.96. The first kappa shape index (κ1) is 18.2. The molecule has 6 nitrogen and oxygen atoms in total. The quantitative estimate of drug-likeness (QED) is 0.698. The molecule has 0 radical (unpaired) electrons. The van der Waals surface area contributed by atoms with Gasteiger partial charge in [-0.2, -0.15) is 0 Å². The number of amides is 1. The van der Waals surface area contributed by atoms with Crippen LogP contribution in [0.3, 0.4) is 0 Å². The van der Waals surface area contributed by atoms with Crippen molar-refractivity contribution in [3.63, 3.8) is 0 Å². The first-order chi connectivity index (χ1) is 12.5. The topological polar surface area (TPSA) is 76.4 Å². The molecule has 136 valence electrons. The molecule has 2 aromatic heterocycles. The molecule has 3 rings (SSSR count). The highest BCUT2D eigenvalue weighted by atomic mass is 32.1. The first-order valence-corrected chi connectivity index (χ1v) is 9.08. The summed E-state index contributed by atoms with van der Waals surface area (Å²) in [7, 11) is 1.59. The summed E-state index contributed by atoms with van der Waals surface area (Å²) in [5, 5.41) is 15.8. The van der Waals surface area contributed by atoms with Crippen LogP contribution in [-0.2, 0) is 0 Å². The highest BCUT2D eigenvalue weighted by molar-refractivity contribution is 7.12. The maximum Gasteiger partial charge on any atom is 0.253 e. The van der Waals surface area contributed by atoms with E-state index in [1.54, 1.807) is 37.6 Å². The van der Waals surface area contributed by atoms with Crippen molar-refractivity contribution in [1.82, 2.24) is 14.9 Å². The van der Waals surface area contributed by atoms with Gasteiger partial charge in [-0.15, -0.1) is 11.3 Å². The number of benzene rings is 1. The van der Waals surface area contributed by atoms with E-state index in [0.29, 0.717) is 5.56 Å². The predicted octanol–water partition coefficient (Wildman–Crippen LogP) is 3.02. The summed E-state index contributed by atoms with van der Waals surface area (Å²) in [6.45, 7) is 3.96. The Labute approximate surface area is 156 Å². The van der Waals surface area contributed by atoms with Gasteiger partial charge in [0.15, 0.2) is 5.13 Å². The third-order valence-corrected chi connectivity index (χ3v) is 5.00. The van der Waals surface area contributed by atoms with Crippen LogP contribution in [-0.4, -0.2) is 34.2 Å². The van der Waals surface area contributed by atoms with Gasteiger partial charge in [-0.05, 0) is 37.6 Å². The zero-order valence-electron chi connectivity index (χ0n) is 14.9. The van der Waals surface area contributed by atoms with E-state index in [0.717, 1.165) is 27.8 Å². The number of hydrogen-bond donors (Lipinski definition) is 2. The van der Waals surface area contributed by atoms with E-state index in [-0.39, 0.29) is 12.5 Å². The van der Waals surface area contributed by atoms with E-state index >= 15 is 0 Å². The van der Waals surface area contributed by atoms with Crippen molar-refractivity contribution in [2.24, 2.45) is 0 Å². The van der Waals surface area contributed by atoms with Crippen LogP contribution in [0.15, 0.2) is 41.9 Å².